The van der Waals surface area contributed by atoms with Crippen LogP contribution in [-0.4, -0.2) is 157 Å². The van der Waals surface area contributed by atoms with Crippen LogP contribution in [0.1, 0.15) is 120 Å². The summed E-state index contributed by atoms with van der Waals surface area (Å²) in [4.78, 5) is 13.2. The highest BCUT2D eigenvalue weighted by molar-refractivity contribution is 5.76. The second-order valence-corrected chi connectivity index (χ2v) is 22.9. The van der Waals surface area contributed by atoms with Crippen LogP contribution in [0.4, 0.5) is 0 Å². The quantitative estimate of drug-likeness (QED) is 0.125. The molecule has 8 rings (SSSR count). The number of carboxylic acids is 1. The van der Waals surface area contributed by atoms with Crippen LogP contribution in [-0.2, 0) is 33.2 Å². The van der Waals surface area contributed by atoms with Gasteiger partial charge in [-0.15, -0.1) is 0 Å². The van der Waals surface area contributed by atoms with Crippen molar-refractivity contribution in [3.63, 3.8) is 0 Å². The van der Waals surface area contributed by atoms with Crippen LogP contribution in [0.2, 0.25) is 0 Å². The molecule has 0 amide bonds. The number of hydrogen-bond donors (Lipinski definition) is 9. The Morgan fingerprint density at radius 3 is 1.83 bits per heavy atom. The minimum absolute atomic E-state index is 0.0186. The number of aliphatic carboxylic acids is 1. The third-order valence-corrected chi connectivity index (χ3v) is 19.6. The monoisotopic (exact) mass is 911 g/mol. The molecule has 16 heteroatoms. The van der Waals surface area contributed by atoms with E-state index in [9.17, 15) is 50.8 Å². The molecule has 16 nitrogen and oxygen atoms in total. The molecule has 3 aliphatic heterocycles. The summed E-state index contributed by atoms with van der Waals surface area (Å²) in [5, 5.41) is 97.5. The standard InChI is InChI=1S/C48H78O16/c1-21-12-17-48(43(57)58)19-18-46(8)25(30(48)22(21)2)10-11-28-45(7)15-14-29(44(5,6)27(45)13-16-47(28,46)9)62-42-39(64-41-36(55)34(53)32(51)24(4)60-41)37(56)38(26(20-49)61-42)63-40-35(54)33(52)31(50)23(3)59-40/h10,21-24,26-42,49-56H,11-20H2,1-9H3,(H,57,58)/t21-,22+,23+,24+,26-,27+,28-,29+,30+,31+,32+,33-,34-,35-,36-,37+,38-,39-,40+,41+,42+,45+,46-,47-,48+/m1/s1. The van der Waals surface area contributed by atoms with Gasteiger partial charge in [0.1, 0.15) is 61.0 Å². The first-order chi connectivity index (χ1) is 29.9. The normalized spacial score (nSPS) is 56.1. The Bertz CT molecular complexity index is 1750. The molecule has 8 aliphatic rings. The molecule has 0 spiro atoms. The second-order valence-electron chi connectivity index (χ2n) is 22.9. The number of aliphatic hydroxyl groups is 8. The highest BCUT2D eigenvalue weighted by atomic mass is 16.8. The van der Waals surface area contributed by atoms with E-state index >= 15 is 0 Å². The Morgan fingerprint density at radius 2 is 1.25 bits per heavy atom. The Morgan fingerprint density at radius 1 is 0.656 bits per heavy atom. The molecular weight excluding hydrogens is 833 g/mol. The van der Waals surface area contributed by atoms with E-state index in [2.05, 4.69) is 54.5 Å². The maximum atomic E-state index is 13.2. The summed E-state index contributed by atoms with van der Waals surface area (Å²) in [6.45, 7) is 18.7. The van der Waals surface area contributed by atoms with E-state index in [-0.39, 0.29) is 34.0 Å². The topological polar surface area (TPSA) is 255 Å². The lowest BCUT2D eigenvalue weighted by Crippen LogP contribution is -2.68. The summed E-state index contributed by atoms with van der Waals surface area (Å²) in [5.74, 6) is 0.633. The van der Waals surface area contributed by atoms with Crippen LogP contribution in [0.15, 0.2) is 11.6 Å². The number of carbonyl (C=O) groups is 1. The summed E-state index contributed by atoms with van der Waals surface area (Å²) in [6, 6.07) is 0. The van der Waals surface area contributed by atoms with Gasteiger partial charge in [0.2, 0.25) is 0 Å². The summed E-state index contributed by atoms with van der Waals surface area (Å²) in [5.41, 5.74) is -0.103. The van der Waals surface area contributed by atoms with Gasteiger partial charge in [-0.25, -0.2) is 0 Å². The van der Waals surface area contributed by atoms with Gasteiger partial charge in [0, 0.05) is 0 Å². The van der Waals surface area contributed by atoms with Crippen molar-refractivity contribution in [2.24, 2.45) is 56.7 Å². The first kappa shape index (κ1) is 49.1. The molecule has 0 aromatic carbocycles. The number of allylic oxidation sites excluding steroid dienone is 2. The molecular formula is C48H78O16. The van der Waals surface area contributed by atoms with Crippen LogP contribution in [0.25, 0.3) is 0 Å². The predicted molar refractivity (Wildman–Crippen MR) is 228 cm³/mol. The maximum Gasteiger partial charge on any atom is 0.310 e. The fourth-order valence-electron chi connectivity index (χ4n) is 15.3. The van der Waals surface area contributed by atoms with Gasteiger partial charge in [0.05, 0.1) is 30.3 Å². The maximum absolute atomic E-state index is 13.2. The van der Waals surface area contributed by atoms with Gasteiger partial charge in [0.15, 0.2) is 18.9 Å². The number of aliphatic hydroxyl groups excluding tert-OH is 8. The van der Waals surface area contributed by atoms with Crippen molar-refractivity contribution < 1.29 is 79.2 Å². The van der Waals surface area contributed by atoms with E-state index in [1.807, 2.05) is 0 Å². The number of rotatable bonds is 8. The molecule has 64 heavy (non-hydrogen) atoms. The van der Waals surface area contributed by atoms with Crippen molar-refractivity contribution in [2.45, 2.75) is 218 Å². The third kappa shape index (κ3) is 7.32. The molecule has 25 atom stereocenters. The van der Waals surface area contributed by atoms with Crippen molar-refractivity contribution in [1.29, 1.82) is 0 Å². The van der Waals surface area contributed by atoms with Gasteiger partial charge >= 0.3 is 5.97 Å². The van der Waals surface area contributed by atoms with E-state index in [0.717, 1.165) is 44.9 Å². The minimum Gasteiger partial charge on any atom is -0.481 e. The zero-order chi connectivity index (χ0) is 46.8. The van der Waals surface area contributed by atoms with E-state index in [0.29, 0.717) is 24.7 Å². The van der Waals surface area contributed by atoms with E-state index in [4.69, 9.17) is 28.4 Å². The third-order valence-electron chi connectivity index (χ3n) is 19.6. The van der Waals surface area contributed by atoms with Crippen molar-refractivity contribution in [3.05, 3.63) is 11.6 Å². The molecule has 0 unspecified atom stereocenters. The molecule has 4 saturated carbocycles. The molecule has 0 radical (unpaired) electrons. The number of ether oxygens (including phenoxy) is 6. The Kier molecular flexibility index (Phi) is 13.2. The first-order valence-electron chi connectivity index (χ1n) is 24.1. The average molecular weight is 911 g/mol. The van der Waals surface area contributed by atoms with Gasteiger partial charge in [-0.1, -0.05) is 60.1 Å². The van der Waals surface area contributed by atoms with Crippen molar-refractivity contribution in [1.82, 2.24) is 0 Å². The molecule has 3 saturated heterocycles. The van der Waals surface area contributed by atoms with Gasteiger partial charge in [-0.2, -0.15) is 0 Å². The smallest absolute Gasteiger partial charge is 0.310 e. The predicted octanol–water partition coefficient (Wildman–Crippen LogP) is 2.62. The zero-order valence-corrected chi connectivity index (χ0v) is 39.2. The molecule has 7 fully saturated rings. The lowest BCUT2D eigenvalue weighted by Gasteiger charge is -2.71. The minimum atomic E-state index is -1.74. The van der Waals surface area contributed by atoms with Crippen LogP contribution in [0.5, 0.6) is 0 Å². The SMILES string of the molecule is C[C@H]1[C@H](C)CC[C@]2(C(=O)O)CC[C@]3(C)C(=CC[C@@H]4[C@@]5(C)CC[C@H](O[C@@H]6O[C@H](CO)[C@@H](O[C@@H]7O[C@@H](C)[C@H](O)[C@@H](O)[C@H]7O)[C@H](O)[C@H]6O[C@@H]6O[C@@H](C)[C@H](O)[C@@H](O)[C@H]6O)C(C)(C)[C@@H]5CC[C@]43C)[C@H]12. The van der Waals surface area contributed by atoms with Crippen LogP contribution < -0.4 is 0 Å². The molecule has 5 aliphatic carbocycles. The highest BCUT2D eigenvalue weighted by Crippen LogP contribution is 2.76. The van der Waals surface area contributed by atoms with Crippen LogP contribution in [0, 0.1) is 56.7 Å². The van der Waals surface area contributed by atoms with E-state index in [1.165, 1.54) is 19.4 Å². The highest BCUT2D eigenvalue weighted by Gasteiger charge is 2.70. The lowest BCUT2D eigenvalue weighted by atomic mass is 9.33. The number of fused-ring (bicyclic) bond motifs is 7. The second kappa shape index (κ2) is 17.3. The average Bonchev–Trinajstić information content (AvgIpc) is 3.24. The van der Waals surface area contributed by atoms with Gasteiger partial charge in [0.25, 0.3) is 0 Å². The number of carboxylic acid groups (broad SMARTS) is 1. The summed E-state index contributed by atoms with van der Waals surface area (Å²) in [6.07, 6.45) is -12.4. The number of hydrogen-bond acceptors (Lipinski definition) is 15. The molecule has 0 aromatic heterocycles. The van der Waals surface area contributed by atoms with Crippen molar-refractivity contribution in [3.8, 4) is 0 Å². The van der Waals surface area contributed by atoms with E-state index < -0.39 is 122 Å². The summed E-state index contributed by atoms with van der Waals surface area (Å²) >= 11 is 0. The molecule has 0 aromatic rings. The lowest BCUT2D eigenvalue weighted by molar-refractivity contribution is -0.393. The fourth-order valence-corrected chi connectivity index (χ4v) is 15.3. The van der Waals surface area contributed by atoms with Crippen molar-refractivity contribution >= 4 is 5.97 Å². The van der Waals surface area contributed by atoms with Gasteiger partial charge in [-0.3, -0.25) is 4.79 Å². The fraction of sp³-hybridized carbons (Fsp3) is 0.938. The summed E-state index contributed by atoms with van der Waals surface area (Å²) < 4.78 is 37.2. The molecule has 9 N–H and O–H groups in total. The Hall–Kier alpha value is -1.35. The summed E-state index contributed by atoms with van der Waals surface area (Å²) in [7, 11) is 0. The van der Waals surface area contributed by atoms with Gasteiger partial charge < -0.3 is 74.4 Å². The largest absolute Gasteiger partial charge is 0.481 e. The van der Waals surface area contributed by atoms with E-state index in [1.54, 1.807) is 0 Å². The van der Waals surface area contributed by atoms with Crippen molar-refractivity contribution in [2.75, 3.05) is 6.61 Å². The zero-order valence-electron chi connectivity index (χ0n) is 39.2. The molecule has 366 valence electrons. The molecule has 0 bridgehead atoms. The van der Waals surface area contributed by atoms with Crippen LogP contribution >= 0.6 is 0 Å². The molecule has 3 heterocycles. The Labute approximate surface area is 377 Å². The Balaban J connectivity index is 1.07. The first-order valence-corrected chi connectivity index (χ1v) is 24.1. The van der Waals surface area contributed by atoms with Gasteiger partial charge in [-0.05, 0) is 123 Å². The van der Waals surface area contributed by atoms with Crippen LogP contribution in [0.3, 0.4) is 0 Å².